The summed E-state index contributed by atoms with van der Waals surface area (Å²) in [6, 6.07) is 1.62. The Bertz CT molecular complexity index is 1580. The first-order valence-corrected chi connectivity index (χ1v) is 13.9. The Kier molecular flexibility index (Phi) is 7.59. The highest BCUT2D eigenvalue weighted by Gasteiger charge is 2.40. The lowest BCUT2D eigenvalue weighted by molar-refractivity contribution is -0.140. The molecular formula is C27H28ClF4N7O4. The number of aryl methyl sites for hydroxylation is 1. The summed E-state index contributed by atoms with van der Waals surface area (Å²) in [5.41, 5.74) is 5.05. The SMILES string of the molecule is COc1nc2c(c(N3CCCn4nc(C(=O)N5CC(OC)C5)c(Cl)c4C3)n1)COC(c1c(C(F)(F)F)ccc(N)c1F)C2. The zero-order valence-corrected chi connectivity index (χ0v) is 24.0. The number of nitrogens with two attached hydrogens (primary N) is 1. The fourth-order valence-corrected chi connectivity index (χ4v) is 5.92. The number of fused-ring (bicyclic) bond motifs is 2. The maximum Gasteiger partial charge on any atom is 0.416 e. The van der Waals surface area contributed by atoms with E-state index >= 15 is 4.39 Å². The third kappa shape index (κ3) is 5.23. The quantitative estimate of drug-likeness (QED) is 0.334. The minimum Gasteiger partial charge on any atom is -0.467 e. The van der Waals surface area contributed by atoms with E-state index in [9.17, 15) is 18.0 Å². The van der Waals surface area contributed by atoms with Gasteiger partial charge in [-0.2, -0.15) is 28.2 Å². The fourth-order valence-electron chi connectivity index (χ4n) is 5.64. The molecule has 1 saturated heterocycles. The van der Waals surface area contributed by atoms with Gasteiger partial charge in [0.05, 0.1) is 60.1 Å². The number of nitrogens with zero attached hydrogens (tertiary/aromatic N) is 6. The highest BCUT2D eigenvalue weighted by atomic mass is 35.5. The van der Waals surface area contributed by atoms with Crippen molar-refractivity contribution in [2.45, 2.75) is 50.9 Å². The average molecular weight is 626 g/mol. The van der Waals surface area contributed by atoms with Crippen molar-refractivity contribution < 1.29 is 36.6 Å². The van der Waals surface area contributed by atoms with Crippen molar-refractivity contribution >= 4 is 29.0 Å². The molecule has 1 atom stereocenters. The lowest BCUT2D eigenvalue weighted by atomic mass is 9.94. The largest absolute Gasteiger partial charge is 0.467 e. The summed E-state index contributed by atoms with van der Waals surface area (Å²) in [5.74, 6) is -1.02. The summed E-state index contributed by atoms with van der Waals surface area (Å²) in [5, 5.41) is 4.74. The number of hydrogen-bond acceptors (Lipinski definition) is 9. The standard InChI is InChI=1S/C27H28ClF4N7O4/c1-41-13-9-38(10-13)25(40)23-21(28)18-11-37(6-3-7-39(18)36-23)24-14-12-43-19(8-17(14)34-26(35-24)42-2)20-15(27(30,31)32)4-5-16(33)22(20)29/h4-5,13,19H,3,6-12,33H2,1-2H3. The van der Waals surface area contributed by atoms with Crippen LogP contribution in [0.1, 0.15) is 51.1 Å². The Hall–Kier alpha value is -3.69. The van der Waals surface area contributed by atoms with Crippen molar-refractivity contribution in [1.29, 1.82) is 0 Å². The van der Waals surface area contributed by atoms with Gasteiger partial charge in [0, 0.05) is 50.8 Å². The van der Waals surface area contributed by atoms with E-state index in [2.05, 4.69) is 15.1 Å². The third-order valence-electron chi connectivity index (χ3n) is 7.98. The first-order chi connectivity index (χ1) is 20.5. The van der Waals surface area contributed by atoms with Gasteiger partial charge in [-0.25, -0.2) is 4.39 Å². The smallest absolute Gasteiger partial charge is 0.416 e. The molecule has 230 valence electrons. The normalized spacial score (nSPS) is 19.0. The van der Waals surface area contributed by atoms with E-state index in [0.717, 1.165) is 12.1 Å². The molecule has 16 heteroatoms. The number of aromatic nitrogens is 4. The molecule has 0 spiro atoms. The molecule has 2 N–H and O–H groups in total. The number of rotatable bonds is 5. The maximum atomic E-state index is 15.0. The number of likely N-dealkylation sites (tertiary alicyclic amines) is 1. The van der Waals surface area contributed by atoms with Crippen molar-refractivity contribution in [3.8, 4) is 6.01 Å². The van der Waals surface area contributed by atoms with Gasteiger partial charge in [0.1, 0.15) is 5.82 Å². The van der Waals surface area contributed by atoms with E-state index in [1.807, 2.05) is 4.90 Å². The highest BCUT2D eigenvalue weighted by Crippen LogP contribution is 2.43. The van der Waals surface area contributed by atoms with E-state index < -0.39 is 34.9 Å². The number of amides is 1. The molecule has 6 rings (SSSR count). The summed E-state index contributed by atoms with van der Waals surface area (Å²) in [7, 11) is 2.96. The molecule has 2 aromatic heterocycles. The summed E-state index contributed by atoms with van der Waals surface area (Å²) >= 11 is 6.72. The molecule has 3 aromatic rings. The van der Waals surface area contributed by atoms with Crippen LogP contribution in [0.5, 0.6) is 6.01 Å². The first kappa shape index (κ1) is 29.4. The van der Waals surface area contributed by atoms with Crippen molar-refractivity contribution in [2.75, 3.05) is 44.5 Å². The van der Waals surface area contributed by atoms with Gasteiger partial charge in [0.2, 0.25) is 0 Å². The summed E-state index contributed by atoms with van der Waals surface area (Å²) in [4.78, 5) is 25.5. The molecular weight excluding hydrogens is 598 g/mol. The molecule has 1 fully saturated rings. The van der Waals surface area contributed by atoms with Crippen LogP contribution in [0.4, 0.5) is 29.1 Å². The molecule has 1 amide bonds. The Labute approximate surface area is 248 Å². The molecule has 3 aliphatic heterocycles. The summed E-state index contributed by atoms with van der Waals surface area (Å²) in [6.07, 6.45) is -5.68. The van der Waals surface area contributed by atoms with Crippen molar-refractivity contribution in [1.82, 2.24) is 24.6 Å². The number of methoxy groups -OCH3 is 2. The minimum atomic E-state index is -4.82. The van der Waals surface area contributed by atoms with Gasteiger partial charge < -0.3 is 29.7 Å². The first-order valence-electron chi connectivity index (χ1n) is 13.5. The van der Waals surface area contributed by atoms with Gasteiger partial charge >= 0.3 is 12.2 Å². The number of hydrogen-bond donors (Lipinski definition) is 1. The lowest BCUT2D eigenvalue weighted by Crippen LogP contribution is -2.54. The predicted molar refractivity (Wildman–Crippen MR) is 145 cm³/mol. The topological polar surface area (TPSA) is 121 Å². The Morgan fingerprint density at radius 1 is 1.19 bits per heavy atom. The fraction of sp³-hybridized carbons (Fsp3) is 0.481. The molecule has 11 nitrogen and oxygen atoms in total. The number of nitrogen functional groups attached to an aromatic ring is 1. The van der Waals surface area contributed by atoms with E-state index in [1.165, 1.54) is 7.11 Å². The van der Waals surface area contributed by atoms with E-state index in [4.69, 9.17) is 31.5 Å². The Morgan fingerprint density at radius 2 is 1.95 bits per heavy atom. The van der Waals surface area contributed by atoms with Gasteiger partial charge in [-0.05, 0) is 18.6 Å². The number of ether oxygens (including phenoxy) is 3. The van der Waals surface area contributed by atoms with Crippen LogP contribution < -0.4 is 15.4 Å². The second-order valence-corrected chi connectivity index (χ2v) is 10.9. The number of carbonyl (C=O) groups excluding carboxylic acids is 1. The number of benzene rings is 1. The molecule has 0 aliphatic carbocycles. The second kappa shape index (κ2) is 11.1. The van der Waals surface area contributed by atoms with Crippen LogP contribution in [-0.4, -0.2) is 70.5 Å². The summed E-state index contributed by atoms with van der Waals surface area (Å²) in [6.45, 7) is 1.97. The Morgan fingerprint density at radius 3 is 2.65 bits per heavy atom. The van der Waals surface area contributed by atoms with Gasteiger partial charge in [0.25, 0.3) is 5.91 Å². The van der Waals surface area contributed by atoms with Crippen LogP contribution in [0.3, 0.4) is 0 Å². The molecule has 0 bridgehead atoms. The number of halogens is 5. The minimum absolute atomic E-state index is 0.0105. The highest BCUT2D eigenvalue weighted by molar-refractivity contribution is 6.34. The molecule has 1 unspecified atom stereocenters. The van der Waals surface area contributed by atoms with Crippen molar-refractivity contribution in [3.05, 3.63) is 56.7 Å². The van der Waals surface area contributed by atoms with E-state index in [1.54, 1.807) is 16.7 Å². The monoisotopic (exact) mass is 625 g/mol. The third-order valence-corrected chi connectivity index (χ3v) is 8.38. The predicted octanol–water partition coefficient (Wildman–Crippen LogP) is 3.77. The zero-order valence-electron chi connectivity index (χ0n) is 23.2. The van der Waals surface area contributed by atoms with Crippen LogP contribution in [-0.2, 0) is 41.8 Å². The Balaban J connectivity index is 1.32. The van der Waals surface area contributed by atoms with Crippen LogP contribution in [0.15, 0.2) is 12.1 Å². The molecule has 43 heavy (non-hydrogen) atoms. The second-order valence-electron chi connectivity index (χ2n) is 10.6. The van der Waals surface area contributed by atoms with Crippen molar-refractivity contribution in [2.24, 2.45) is 0 Å². The molecule has 0 radical (unpaired) electrons. The lowest BCUT2D eigenvalue weighted by Gasteiger charge is -2.37. The van der Waals surface area contributed by atoms with Crippen LogP contribution in [0, 0.1) is 5.82 Å². The molecule has 3 aliphatic rings. The van der Waals surface area contributed by atoms with Gasteiger partial charge in [0.15, 0.2) is 11.5 Å². The average Bonchev–Trinajstić information content (AvgIpc) is 3.11. The van der Waals surface area contributed by atoms with E-state index in [0.29, 0.717) is 55.4 Å². The zero-order chi connectivity index (χ0) is 30.6. The number of alkyl halides is 3. The van der Waals surface area contributed by atoms with Gasteiger partial charge in [-0.1, -0.05) is 11.6 Å². The van der Waals surface area contributed by atoms with E-state index in [-0.39, 0.29) is 48.3 Å². The maximum absolute atomic E-state index is 15.0. The summed E-state index contributed by atoms with van der Waals surface area (Å²) < 4.78 is 74.6. The molecule has 1 aromatic carbocycles. The van der Waals surface area contributed by atoms with Gasteiger partial charge in [-0.3, -0.25) is 9.48 Å². The number of carbonyl (C=O) groups is 1. The van der Waals surface area contributed by atoms with Crippen LogP contribution in [0.2, 0.25) is 5.02 Å². The van der Waals surface area contributed by atoms with Crippen LogP contribution >= 0.6 is 11.6 Å². The molecule has 0 saturated carbocycles. The van der Waals surface area contributed by atoms with Crippen molar-refractivity contribution in [3.63, 3.8) is 0 Å². The van der Waals surface area contributed by atoms with Crippen LogP contribution in [0.25, 0.3) is 0 Å². The number of anilines is 2. The van der Waals surface area contributed by atoms with Gasteiger partial charge in [-0.15, -0.1) is 0 Å². The molecule has 5 heterocycles.